The van der Waals surface area contributed by atoms with E-state index in [0.29, 0.717) is 18.3 Å². The van der Waals surface area contributed by atoms with E-state index in [1.165, 1.54) is 38.5 Å². The van der Waals surface area contributed by atoms with Crippen LogP contribution in [0.5, 0.6) is 5.75 Å². The molecular formula is C17H24O4. The number of epoxide rings is 1. The van der Waals surface area contributed by atoms with Gasteiger partial charge in [-0.25, -0.2) is 4.79 Å². The van der Waals surface area contributed by atoms with E-state index in [9.17, 15) is 4.79 Å². The number of aromatic carboxylic acids is 1. The molecule has 4 nitrogen and oxygen atoms in total. The van der Waals surface area contributed by atoms with E-state index in [0.717, 1.165) is 18.8 Å². The maximum Gasteiger partial charge on any atom is 0.335 e. The normalized spacial score (nSPS) is 16.7. The van der Waals surface area contributed by atoms with Crippen LogP contribution in [-0.2, 0) is 4.74 Å². The summed E-state index contributed by atoms with van der Waals surface area (Å²) in [5.41, 5.74) is 0.291. The van der Waals surface area contributed by atoms with E-state index in [-0.39, 0.29) is 0 Å². The number of hydrogen-bond acceptors (Lipinski definition) is 3. The molecule has 0 radical (unpaired) electrons. The summed E-state index contributed by atoms with van der Waals surface area (Å²) in [6.45, 7) is 1.67. The molecule has 0 bridgehead atoms. The molecule has 116 valence electrons. The van der Waals surface area contributed by atoms with Gasteiger partial charge in [0.2, 0.25) is 0 Å². The van der Waals surface area contributed by atoms with Crippen LogP contribution in [0.15, 0.2) is 24.3 Å². The first kappa shape index (κ1) is 15.8. The van der Waals surface area contributed by atoms with Crippen molar-refractivity contribution < 1.29 is 19.4 Å². The summed E-state index contributed by atoms with van der Waals surface area (Å²) < 4.78 is 10.8. The fourth-order valence-corrected chi connectivity index (χ4v) is 2.30. The summed E-state index contributed by atoms with van der Waals surface area (Å²) >= 11 is 0. The second-order valence-corrected chi connectivity index (χ2v) is 5.54. The van der Waals surface area contributed by atoms with Gasteiger partial charge in [-0.2, -0.15) is 0 Å². The fourth-order valence-electron chi connectivity index (χ4n) is 2.30. The minimum absolute atomic E-state index is 0.291. The van der Waals surface area contributed by atoms with Crippen LogP contribution in [0.1, 0.15) is 55.3 Å². The van der Waals surface area contributed by atoms with Gasteiger partial charge in [-0.3, -0.25) is 0 Å². The Hall–Kier alpha value is -1.55. The molecule has 4 heteroatoms. The fraction of sp³-hybridized carbons (Fsp3) is 0.588. The molecule has 0 aromatic heterocycles. The van der Waals surface area contributed by atoms with E-state index < -0.39 is 5.97 Å². The van der Waals surface area contributed by atoms with Gasteiger partial charge < -0.3 is 14.6 Å². The summed E-state index contributed by atoms with van der Waals surface area (Å²) in [6, 6.07) is 6.56. The quantitative estimate of drug-likeness (QED) is 0.496. The number of hydrogen-bond donors (Lipinski definition) is 1. The summed E-state index contributed by atoms with van der Waals surface area (Å²) in [5.74, 6) is -0.167. The van der Waals surface area contributed by atoms with Gasteiger partial charge in [-0.05, 0) is 37.1 Å². The van der Waals surface area contributed by atoms with Crippen LogP contribution in [0.25, 0.3) is 0 Å². The Morgan fingerprint density at radius 1 is 1.10 bits per heavy atom. The average Bonchev–Trinajstić information content (AvgIpc) is 3.30. The predicted molar refractivity (Wildman–Crippen MR) is 81.0 cm³/mol. The topological polar surface area (TPSA) is 59.1 Å². The van der Waals surface area contributed by atoms with Crippen molar-refractivity contribution in [2.75, 3.05) is 13.2 Å². The highest BCUT2D eigenvalue weighted by Crippen LogP contribution is 2.18. The van der Waals surface area contributed by atoms with Crippen molar-refractivity contribution in [2.24, 2.45) is 0 Å². The van der Waals surface area contributed by atoms with Crippen molar-refractivity contribution in [3.8, 4) is 5.75 Å². The molecule has 0 saturated carbocycles. The van der Waals surface area contributed by atoms with E-state index in [1.807, 2.05) is 0 Å². The Kier molecular flexibility index (Phi) is 6.54. The number of carboxylic acid groups (broad SMARTS) is 1. The van der Waals surface area contributed by atoms with E-state index in [2.05, 4.69) is 0 Å². The molecule has 0 aliphatic carbocycles. The van der Waals surface area contributed by atoms with Crippen molar-refractivity contribution >= 4 is 5.97 Å². The van der Waals surface area contributed by atoms with Crippen molar-refractivity contribution in [1.29, 1.82) is 0 Å². The van der Waals surface area contributed by atoms with Crippen LogP contribution in [0, 0.1) is 0 Å². The number of carboxylic acids is 1. The van der Waals surface area contributed by atoms with Gasteiger partial charge in [0, 0.05) is 0 Å². The number of benzene rings is 1. The molecule has 1 saturated heterocycles. The zero-order valence-corrected chi connectivity index (χ0v) is 12.4. The highest BCUT2D eigenvalue weighted by molar-refractivity contribution is 5.87. The molecule has 0 amide bonds. The zero-order valence-electron chi connectivity index (χ0n) is 12.4. The number of rotatable bonds is 11. The molecule has 1 fully saturated rings. The Morgan fingerprint density at radius 2 is 1.71 bits per heavy atom. The molecule has 2 rings (SSSR count). The smallest absolute Gasteiger partial charge is 0.335 e. The van der Waals surface area contributed by atoms with Crippen LogP contribution >= 0.6 is 0 Å². The van der Waals surface area contributed by atoms with Crippen LogP contribution < -0.4 is 4.74 Å². The Labute approximate surface area is 126 Å². The lowest BCUT2D eigenvalue weighted by molar-refractivity contribution is 0.0697. The number of unbranched alkanes of at least 4 members (excludes halogenated alkanes) is 5. The third-order valence-electron chi connectivity index (χ3n) is 3.69. The van der Waals surface area contributed by atoms with Gasteiger partial charge in [0.1, 0.15) is 5.75 Å². The predicted octanol–water partition coefficient (Wildman–Crippen LogP) is 3.89. The second kappa shape index (κ2) is 8.67. The van der Waals surface area contributed by atoms with Crippen molar-refractivity contribution in [2.45, 2.75) is 51.0 Å². The third-order valence-corrected chi connectivity index (χ3v) is 3.69. The van der Waals surface area contributed by atoms with Crippen LogP contribution in [-0.4, -0.2) is 30.4 Å². The first-order valence-corrected chi connectivity index (χ1v) is 7.83. The number of carbonyl (C=O) groups is 1. The van der Waals surface area contributed by atoms with Crippen molar-refractivity contribution in [1.82, 2.24) is 0 Å². The first-order valence-electron chi connectivity index (χ1n) is 7.83. The maximum atomic E-state index is 10.7. The Morgan fingerprint density at radius 3 is 2.33 bits per heavy atom. The van der Waals surface area contributed by atoms with E-state index >= 15 is 0 Å². The molecule has 1 aliphatic rings. The van der Waals surface area contributed by atoms with E-state index in [1.54, 1.807) is 24.3 Å². The summed E-state index contributed by atoms with van der Waals surface area (Å²) in [7, 11) is 0. The lowest BCUT2D eigenvalue weighted by Crippen LogP contribution is -1.99. The zero-order chi connectivity index (χ0) is 14.9. The minimum Gasteiger partial charge on any atom is -0.494 e. The van der Waals surface area contributed by atoms with Crippen LogP contribution in [0.4, 0.5) is 0 Å². The van der Waals surface area contributed by atoms with Crippen LogP contribution in [0.3, 0.4) is 0 Å². The second-order valence-electron chi connectivity index (χ2n) is 5.54. The molecule has 1 aromatic carbocycles. The molecule has 1 atom stereocenters. The van der Waals surface area contributed by atoms with Gasteiger partial charge in [0.25, 0.3) is 0 Å². The molecule has 1 aliphatic heterocycles. The highest BCUT2D eigenvalue weighted by Gasteiger charge is 2.20. The van der Waals surface area contributed by atoms with Crippen molar-refractivity contribution in [3.63, 3.8) is 0 Å². The molecule has 1 heterocycles. The molecule has 1 N–H and O–H groups in total. The monoisotopic (exact) mass is 292 g/mol. The van der Waals surface area contributed by atoms with Gasteiger partial charge in [-0.1, -0.05) is 32.1 Å². The Bertz CT molecular complexity index is 423. The number of ether oxygens (including phenoxy) is 2. The third kappa shape index (κ3) is 6.63. The Balaban J connectivity index is 1.44. The summed E-state index contributed by atoms with van der Waals surface area (Å²) in [6.07, 6.45) is 9.18. The van der Waals surface area contributed by atoms with E-state index in [4.69, 9.17) is 14.6 Å². The van der Waals surface area contributed by atoms with Gasteiger partial charge in [-0.15, -0.1) is 0 Å². The molecule has 21 heavy (non-hydrogen) atoms. The molecule has 1 aromatic rings. The largest absolute Gasteiger partial charge is 0.494 e. The molecular weight excluding hydrogens is 268 g/mol. The van der Waals surface area contributed by atoms with Gasteiger partial charge in [0.05, 0.1) is 24.9 Å². The SMILES string of the molecule is O=C(O)c1ccc(OCCCCCCCCC2CO2)cc1. The first-order chi connectivity index (χ1) is 10.3. The van der Waals surface area contributed by atoms with Gasteiger partial charge >= 0.3 is 5.97 Å². The lowest BCUT2D eigenvalue weighted by atomic mass is 10.1. The van der Waals surface area contributed by atoms with Crippen LogP contribution in [0.2, 0.25) is 0 Å². The minimum atomic E-state index is -0.908. The molecule has 1 unspecified atom stereocenters. The summed E-state index contributed by atoms with van der Waals surface area (Å²) in [4.78, 5) is 10.7. The maximum absolute atomic E-state index is 10.7. The van der Waals surface area contributed by atoms with Gasteiger partial charge in [0.15, 0.2) is 0 Å². The standard InChI is InChI=1S/C17H24O4/c18-17(19)14-8-10-15(11-9-14)20-12-6-4-2-1-3-5-7-16-13-21-16/h8-11,16H,1-7,12-13H2,(H,18,19). The summed E-state index contributed by atoms with van der Waals surface area (Å²) in [5, 5.41) is 8.80. The molecule has 0 spiro atoms. The highest BCUT2D eigenvalue weighted by atomic mass is 16.6. The lowest BCUT2D eigenvalue weighted by Gasteiger charge is -2.06. The van der Waals surface area contributed by atoms with Crippen molar-refractivity contribution in [3.05, 3.63) is 29.8 Å². The average molecular weight is 292 g/mol.